The predicted molar refractivity (Wildman–Crippen MR) is 116 cm³/mol. The minimum atomic E-state index is -0.205. The zero-order valence-corrected chi connectivity index (χ0v) is 17.8. The van der Waals surface area contributed by atoms with Gasteiger partial charge in [-0.2, -0.15) is 0 Å². The number of ether oxygens (including phenoxy) is 1. The van der Waals surface area contributed by atoms with E-state index in [1.165, 1.54) is 6.07 Å². The van der Waals surface area contributed by atoms with Gasteiger partial charge in [0, 0.05) is 34.8 Å². The largest absolute Gasteiger partial charge is 0.381 e. The number of hydrogen-bond donors (Lipinski definition) is 0. The van der Waals surface area contributed by atoms with Crippen molar-refractivity contribution in [2.75, 3.05) is 13.2 Å². The molecule has 0 spiro atoms. The van der Waals surface area contributed by atoms with Crippen LogP contribution in [0, 0.1) is 11.7 Å². The molecule has 0 bridgehead atoms. The van der Waals surface area contributed by atoms with E-state index in [1.54, 1.807) is 18.5 Å². The smallest absolute Gasteiger partial charge is 0.129 e. The normalized spacial score (nSPS) is 16.5. The molecular formula is C22H18BrClFN3O. The van der Waals surface area contributed by atoms with Crippen molar-refractivity contribution in [1.29, 1.82) is 0 Å². The number of pyridine rings is 2. The number of nitrogens with zero attached hydrogens (tertiary/aromatic N) is 3. The first-order valence-electron chi connectivity index (χ1n) is 9.56. The van der Waals surface area contributed by atoms with E-state index in [-0.39, 0.29) is 17.8 Å². The van der Waals surface area contributed by atoms with E-state index in [0.29, 0.717) is 23.9 Å². The number of hydrogen-bond acceptors (Lipinski definition) is 3. The first kappa shape index (κ1) is 19.0. The molecule has 3 aromatic heterocycles. The van der Waals surface area contributed by atoms with Gasteiger partial charge in [-0.15, -0.1) is 0 Å². The number of fused-ring (bicyclic) bond motifs is 3. The molecule has 148 valence electrons. The number of aromatic nitrogens is 3. The molecule has 4 heterocycles. The van der Waals surface area contributed by atoms with Gasteiger partial charge in [0.1, 0.15) is 11.0 Å². The Morgan fingerprint density at radius 3 is 2.69 bits per heavy atom. The summed E-state index contributed by atoms with van der Waals surface area (Å²) >= 11 is 9.74. The molecule has 0 radical (unpaired) electrons. The molecule has 1 aromatic carbocycles. The van der Waals surface area contributed by atoms with Crippen molar-refractivity contribution in [3.63, 3.8) is 0 Å². The highest BCUT2D eigenvalue weighted by molar-refractivity contribution is 9.10. The highest BCUT2D eigenvalue weighted by Gasteiger charge is 2.31. The highest BCUT2D eigenvalue weighted by atomic mass is 79.9. The fraction of sp³-hybridized carbons (Fsp3) is 0.273. The molecule has 1 aliphatic rings. The maximum Gasteiger partial charge on any atom is 0.129 e. The van der Waals surface area contributed by atoms with Crippen molar-refractivity contribution in [1.82, 2.24) is 14.5 Å². The second-order valence-corrected chi connectivity index (χ2v) is 8.63. The van der Waals surface area contributed by atoms with E-state index >= 15 is 4.39 Å². The van der Waals surface area contributed by atoms with E-state index in [9.17, 15) is 0 Å². The Bertz CT molecular complexity index is 1210. The first-order chi connectivity index (χ1) is 14.1. The minimum absolute atomic E-state index is 0.195. The lowest BCUT2D eigenvalue weighted by molar-refractivity contribution is 0.0548. The Morgan fingerprint density at radius 1 is 1.10 bits per heavy atom. The third-order valence-electron chi connectivity index (χ3n) is 5.67. The molecule has 1 aliphatic heterocycles. The predicted octanol–water partition coefficient (Wildman–Crippen LogP) is 6.16. The average molecular weight is 475 g/mol. The first-order valence-corrected chi connectivity index (χ1v) is 10.7. The molecule has 0 amide bonds. The summed E-state index contributed by atoms with van der Waals surface area (Å²) in [7, 11) is 0. The van der Waals surface area contributed by atoms with E-state index in [0.717, 1.165) is 39.3 Å². The Labute approximate surface area is 180 Å². The molecular weight excluding hydrogens is 457 g/mol. The van der Waals surface area contributed by atoms with Crippen LogP contribution in [0.15, 0.2) is 53.3 Å². The summed E-state index contributed by atoms with van der Waals surface area (Å²) < 4.78 is 23.7. The Balaban J connectivity index is 1.85. The Hall–Kier alpha value is -2.02. The van der Waals surface area contributed by atoms with Gasteiger partial charge in [0.2, 0.25) is 0 Å². The molecule has 5 rings (SSSR count). The maximum absolute atomic E-state index is 15.0. The standard InChI is InChI=1S/C22H18BrClFN3O/c23-14-9-18-21(27-11-14)16-10-20(24)26-12-19(16)28(18)22(13-5-7-29-8-6-13)15-3-1-2-4-17(15)25/h1-4,9-13,22H,5-8H2/t22-/m0/s1. The van der Waals surface area contributed by atoms with Crippen molar-refractivity contribution in [2.24, 2.45) is 5.92 Å². The Morgan fingerprint density at radius 2 is 1.90 bits per heavy atom. The minimum Gasteiger partial charge on any atom is -0.381 e. The van der Waals surface area contributed by atoms with Gasteiger partial charge in [0.05, 0.1) is 28.8 Å². The lowest BCUT2D eigenvalue weighted by Gasteiger charge is -2.33. The van der Waals surface area contributed by atoms with Gasteiger partial charge >= 0.3 is 0 Å². The average Bonchev–Trinajstić information content (AvgIpc) is 3.03. The molecule has 0 unspecified atom stereocenters. The highest BCUT2D eigenvalue weighted by Crippen LogP contribution is 2.41. The molecule has 7 heteroatoms. The lowest BCUT2D eigenvalue weighted by atomic mass is 9.86. The summed E-state index contributed by atoms with van der Waals surface area (Å²) in [6.07, 6.45) is 5.26. The summed E-state index contributed by atoms with van der Waals surface area (Å²) in [6.45, 7) is 1.36. The van der Waals surface area contributed by atoms with Crippen molar-refractivity contribution in [3.05, 3.63) is 69.8 Å². The topological polar surface area (TPSA) is 39.9 Å². The molecule has 1 saturated heterocycles. The van der Waals surface area contributed by atoms with E-state index in [1.807, 2.05) is 24.3 Å². The van der Waals surface area contributed by atoms with Gasteiger partial charge in [-0.25, -0.2) is 9.37 Å². The van der Waals surface area contributed by atoms with Crippen LogP contribution in [0.2, 0.25) is 5.15 Å². The molecule has 1 atom stereocenters. The van der Waals surface area contributed by atoms with Gasteiger partial charge in [0.15, 0.2) is 0 Å². The van der Waals surface area contributed by atoms with Crippen LogP contribution in [0.3, 0.4) is 0 Å². The van der Waals surface area contributed by atoms with Crippen LogP contribution in [0.5, 0.6) is 0 Å². The van der Waals surface area contributed by atoms with Gasteiger partial charge in [-0.1, -0.05) is 29.8 Å². The molecule has 0 saturated carbocycles. The molecule has 0 aliphatic carbocycles. The van der Waals surface area contributed by atoms with Crippen molar-refractivity contribution in [3.8, 4) is 0 Å². The summed E-state index contributed by atoms with van der Waals surface area (Å²) in [5.41, 5.74) is 3.34. The van der Waals surface area contributed by atoms with Crippen molar-refractivity contribution >= 4 is 49.5 Å². The molecule has 29 heavy (non-hydrogen) atoms. The molecule has 1 fully saturated rings. The fourth-order valence-electron chi connectivity index (χ4n) is 4.40. The Kier molecular flexibility index (Phi) is 5.02. The number of rotatable bonds is 3. The zero-order valence-electron chi connectivity index (χ0n) is 15.5. The lowest BCUT2D eigenvalue weighted by Crippen LogP contribution is -2.27. The summed E-state index contributed by atoms with van der Waals surface area (Å²) in [5.74, 6) is 0.0259. The van der Waals surface area contributed by atoms with E-state index < -0.39 is 0 Å². The van der Waals surface area contributed by atoms with Crippen LogP contribution in [0.25, 0.3) is 21.9 Å². The second-order valence-electron chi connectivity index (χ2n) is 7.33. The van der Waals surface area contributed by atoms with E-state index in [2.05, 4.69) is 30.5 Å². The third-order valence-corrected chi connectivity index (χ3v) is 6.31. The van der Waals surface area contributed by atoms with Crippen LogP contribution in [0.1, 0.15) is 24.4 Å². The number of benzene rings is 1. The summed E-state index contributed by atoms with van der Waals surface area (Å²) in [5, 5.41) is 1.33. The summed E-state index contributed by atoms with van der Waals surface area (Å²) in [4.78, 5) is 8.96. The second kappa shape index (κ2) is 7.67. The monoisotopic (exact) mass is 473 g/mol. The summed E-state index contributed by atoms with van der Waals surface area (Å²) in [6, 6.07) is 10.7. The van der Waals surface area contributed by atoms with Crippen molar-refractivity contribution < 1.29 is 9.13 Å². The quantitative estimate of drug-likeness (QED) is 0.334. The zero-order chi connectivity index (χ0) is 20.0. The van der Waals surface area contributed by atoms with Gasteiger partial charge < -0.3 is 9.30 Å². The van der Waals surface area contributed by atoms with Gasteiger partial charge in [0.25, 0.3) is 0 Å². The van der Waals surface area contributed by atoms with Crippen molar-refractivity contribution in [2.45, 2.75) is 18.9 Å². The van der Waals surface area contributed by atoms with Crippen LogP contribution < -0.4 is 0 Å². The number of halogens is 3. The maximum atomic E-state index is 15.0. The third kappa shape index (κ3) is 3.33. The van der Waals surface area contributed by atoms with Crippen LogP contribution >= 0.6 is 27.5 Å². The fourth-order valence-corrected chi connectivity index (χ4v) is 4.88. The molecule has 4 nitrogen and oxygen atoms in total. The van der Waals surface area contributed by atoms with Crippen LogP contribution in [0.4, 0.5) is 4.39 Å². The van der Waals surface area contributed by atoms with Crippen LogP contribution in [-0.2, 0) is 4.74 Å². The van der Waals surface area contributed by atoms with Crippen LogP contribution in [-0.4, -0.2) is 27.7 Å². The molecule has 4 aromatic rings. The van der Waals surface area contributed by atoms with E-state index in [4.69, 9.17) is 16.3 Å². The van der Waals surface area contributed by atoms with Gasteiger partial charge in [-0.05, 0) is 52.9 Å². The van der Waals surface area contributed by atoms with Gasteiger partial charge in [-0.3, -0.25) is 4.98 Å². The SMILES string of the molecule is Fc1ccccc1[C@H](C1CCOCC1)n1c2cnc(Cl)cc2c2ncc(Br)cc21. The molecule has 0 N–H and O–H groups in total.